The molecule has 0 bridgehead atoms. The molecule has 6 nitrogen and oxygen atoms in total. The maximum atomic E-state index is 13.7. The number of halogens is 1. The topological polar surface area (TPSA) is 72.2 Å². The van der Waals surface area contributed by atoms with E-state index in [-0.39, 0.29) is 5.56 Å². The predicted molar refractivity (Wildman–Crippen MR) is 97.8 cm³/mol. The van der Waals surface area contributed by atoms with E-state index in [0.29, 0.717) is 5.69 Å². The third kappa shape index (κ3) is 2.95. The van der Waals surface area contributed by atoms with Gasteiger partial charge in [-0.1, -0.05) is 30.4 Å². The Morgan fingerprint density at radius 2 is 1.92 bits per heavy atom. The first-order valence-electron chi connectivity index (χ1n) is 8.03. The third-order valence-corrected chi connectivity index (χ3v) is 4.83. The van der Waals surface area contributed by atoms with Crippen molar-refractivity contribution >= 4 is 27.9 Å². The first-order valence-corrected chi connectivity index (χ1v) is 8.85. The summed E-state index contributed by atoms with van der Waals surface area (Å²) in [5, 5.41) is 16.2. The zero-order chi connectivity index (χ0) is 18.1. The van der Waals surface area contributed by atoms with Crippen LogP contribution < -0.4 is 5.32 Å². The van der Waals surface area contributed by atoms with Crippen molar-refractivity contribution in [1.29, 1.82) is 0 Å². The number of carbonyl (C=O) groups excluding carboxylic acids is 1. The van der Waals surface area contributed by atoms with E-state index in [2.05, 4.69) is 20.6 Å². The number of anilines is 1. The Hall–Kier alpha value is -3.13. The minimum atomic E-state index is -0.548. The maximum absolute atomic E-state index is 13.7. The van der Waals surface area contributed by atoms with Gasteiger partial charge in [0.2, 0.25) is 4.96 Å². The summed E-state index contributed by atoms with van der Waals surface area (Å²) < 4.78 is 15.4. The highest BCUT2D eigenvalue weighted by molar-refractivity contribution is 7.19. The number of aryl methyl sites for hydroxylation is 1. The molecule has 130 valence electrons. The van der Waals surface area contributed by atoms with Crippen LogP contribution in [0.25, 0.3) is 15.5 Å². The molecule has 0 saturated carbocycles. The molecule has 2 heterocycles. The van der Waals surface area contributed by atoms with Gasteiger partial charge in [0.1, 0.15) is 10.8 Å². The number of benzene rings is 2. The number of rotatable bonds is 4. The first-order chi connectivity index (χ1) is 12.7. The second kappa shape index (κ2) is 6.64. The fourth-order valence-electron chi connectivity index (χ4n) is 2.53. The zero-order valence-electron chi connectivity index (χ0n) is 13.8. The normalized spacial score (nSPS) is 11.0. The summed E-state index contributed by atoms with van der Waals surface area (Å²) >= 11 is 1.45. The average molecular weight is 367 g/mol. The maximum Gasteiger partial charge on any atom is 0.258 e. The van der Waals surface area contributed by atoms with Crippen molar-refractivity contribution in [3.05, 3.63) is 65.7 Å². The van der Waals surface area contributed by atoms with Gasteiger partial charge < -0.3 is 5.32 Å². The Balaban J connectivity index is 1.55. The number of nitrogens with one attached hydrogen (secondary N) is 1. The Bertz CT molecular complexity index is 1090. The highest BCUT2D eigenvalue weighted by atomic mass is 32.1. The minimum absolute atomic E-state index is 0.0114. The standard InChI is InChI=1S/C18H14FN5OS/c1-2-15-21-22-18-24(15)23-17(26-18)11-7-9-12(10-8-11)20-16(25)13-5-3-4-6-14(13)19/h3-10H,2H2,1H3,(H,20,25). The number of fused-ring (bicyclic) bond motifs is 1. The Morgan fingerprint density at radius 1 is 1.15 bits per heavy atom. The lowest BCUT2D eigenvalue weighted by atomic mass is 10.2. The van der Waals surface area contributed by atoms with Crippen molar-refractivity contribution in [3.63, 3.8) is 0 Å². The van der Waals surface area contributed by atoms with Crippen LogP contribution in [0.15, 0.2) is 48.5 Å². The highest BCUT2D eigenvalue weighted by Crippen LogP contribution is 2.26. The molecule has 26 heavy (non-hydrogen) atoms. The molecule has 0 radical (unpaired) electrons. The minimum Gasteiger partial charge on any atom is -0.322 e. The van der Waals surface area contributed by atoms with Crippen molar-refractivity contribution < 1.29 is 9.18 Å². The number of hydrogen-bond donors (Lipinski definition) is 1. The molecule has 1 amide bonds. The van der Waals surface area contributed by atoms with Gasteiger partial charge in [0.25, 0.3) is 5.91 Å². The van der Waals surface area contributed by atoms with Crippen molar-refractivity contribution in [3.8, 4) is 10.6 Å². The van der Waals surface area contributed by atoms with Crippen molar-refractivity contribution in [1.82, 2.24) is 19.8 Å². The fraction of sp³-hybridized carbons (Fsp3) is 0.111. The quantitative estimate of drug-likeness (QED) is 0.595. The second-order valence-corrected chi connectivity index (χ2v) is 6.54. The van der Waals surface area contributed by atoms with Gasteiger partial charge in [-0.2, -0.15) is 9.61 Å². The lowest BCUT2D eigenvalue weighted by Crippen LogP contribution is -2.13. The van der Waals surface area contributed by atoms with Crippen LogP contribution >= 0.6 is 11.3 Å². The average Bonchev–Trinajstić information content (AvgIpc) is 3.23. The fourth-order valence-corrected chi connectivity index (χ4v) is 3.40. The van der Waals surface area contributed by atoms with Gasteiger partial charge in [0, 0.05) is 17.7 Å². The molecular formula is C18H14FN5OS. The molecule has 0 aliphatic heterocycles. The largest absolute Gasteiger partial charge is 0.322 e. The highest BCUT2D eigenvalue weighted by Gasteiger charge is 2.13. The monoisotopic (exact) mass is 367 g/mol. The molecule has 0 aliphatic carbocycles. The number of amides is 1. The van der Waals surface area contributed by atoms with Crippen LogP contribution in [0.4, 0.5) is 10.1 Å². The van der Waals surface area contributed by atoms with Gasteiger partial charge in [-0.25, -0.2) is 4.39 Å². The molecule has 4 aromatic rings. The lowest BCUT2D eigenvalue weighted by Gasteiger charge is -2.06. The van der Waals surface area contributed by atoms with E-state index in [0.717, 1.165) is 27.8 Å². The molecular weight excluding hydrogens is 353 g/mol. The first kappa shape index (κ1) is 16.3. The summed E-state index contributed by atoms with van der Waals surface area (Å²) in [4.78, 5) is 12.9. The molecule has 0 fully saturated rings. The van der Waals surface area contributed by atoms with Gasteiger partial charge >= 0.3 is 0 Å². The number of hydrogen-bond acceptors (Lipinski definition) is 5. The summed E-state index contributed by atoms with van der Waals surface area (Å²) in [6.45, 7) is 2.00. The Morgan fingerprint density at radius 3 is 2.65 bits per heavy atom. The van der Waals surface area contributed by atoms with Crippen LogP contribution in [0.5, 0.6) is 0 Å². The lowest BCUT2D eigenvalue weighted by molar-refractivity contribution is 0.102. The summed E-state index contributed by atoms with van der Waals surface area (Å²) in [5.74, 6) is -0.216. The van der Waals surface area contributed by atoms with Gasteiger partial charge in [0.05, 0.1) is 5.56 Å². The molecule has 2 aromatic heterocycles. The van der Waals surface area contributed by atoms with Crippen LogP contribution in [0.3, 0.4) is 0 Å². The van der Waals surface area contributed by atoms with Crippen molar-refractivity contribution in [2.45, 2.75) is 13.3 Å². The SMILES string of the molecule is CCc1nnc2sc(-c3ccc(NC(=O)c4ccccc4F)cc3)nn12. The molecule has 4 rings (SSSR count). The van der Waals surface area contributed by atoms with E-state index in [4.69, 9.17) is 0 Å². The molecule has 0 spiro atoms. The molecule has 0 atom stereocenters. The van der Waals surface area contributed by atoms with Crippen LogP contribution in [0, 0.1) is 5.82 Å². The van der Waals surface area contributed by atoms with E-state index in [1.165, 1.54) is 23.5 Å². The zero-order valence-corrected chi connectivity index (χ0v) is 14.6. The molecule has 0 aliphatic rings. The molecule has 0 unspecified atom stereocenters. The molecule has 0 saturated heterocycles. The summed E-state index contributed by atoms with van der Waals surface area (Å²) in [6, 6.07) is 13.1. The van der Waals surface area contributed by atoms with E-state index >= 15 is 0 Å². The van der Waals surface area contributed by atoms with Gasteiger partial charge in [0.15, 0.2) is 5.82 Å². The number of aromatic nitrogens is 4. The smallest absolute Gasteiger partial charge is 0.258 e. The van der Waals surface area contributed by atoms with Crippen molar-refractivity contribution in [2.75, 3.05) is 5.32 Å². The molecule has 2 aromatic carbocycles. The van der Waals surface area contributed by atoms with Gasteiger partial charge in [-0.15, -0.1) is 10.2 Å². The van der Waals surface area contributed by atoms with Crippen LogP contribution in [-0.2, 0) is 6.42 Å². The van der Waals surface area contributed by atoms with Crippen LogP contribution in [-0.4, -0.2) is 25.7 Å². The van der Waals surface area contributed by atoms with Gasteiger partial charge in [-0.3, -0.25) is 4.79 Å². The Kier molecular flexibility index (Phi) is 4.18. The van der Waals surface area contributed by atoms with E-state index in [1.807, 2.05) is 19.1 Å². The molecule has 1 N–H and O–H groups in total. The van der Waals surface area contributed by atoms with Crippen molar-refractivity contribution in [2.24, 2.45) is 0 Å². The van der Waals surface area contributed by atoms with Crippen LogP contribution in [0.2, 0.25) is 0 Å². The van der Waals surface area contributed by atoms with E-state index in [9.17, 15) is 9.18 Å². The summed E-state index contributed by atoms with van der Waals surface area (Å²) in [7, 11) is 0. The second-order valence-electron chi connectivity index (χ2n) is 5.58. The number of nitrogens with zero attached hydrogens (tertiary/aromatic N) is 4. The van der Waals surface area contributed by atoms with Crippen LogP contribution in [0.1, 0.15) is 23.1 Å². The van der Waals surface area contributed by atoms with E-state index in [1.54, 1.807) is 28.8 Å². The van der Waals surface area contributed by atoms with E-state index < -0.39 is 11.7 Å². The van der Waals surface area contributed by atoms with Gasteiger partial charge in [-0.05, 0) is 36.4 Å². The summed E-state index contributed by atoms with van der Waals surface area (Å²) in [6.07, 6.45) is 0.755. The predicted octanol–water partition coefficient (Wildman–Crippen LogP) is 3.81. The summed E-state index contributed by atoms with van der Waals surface area (Å²) in [5.41, 5.74) is 1.50. The molecule has 8 heteroatoms. The third-order valence-electron chi connectivity index (χ3n) is 3.88. The Labute approximate surface area is 152 Å². The number of carbonyl (C=O) groups is 1.